The zero-order valence-electron chi connectivity index (χ0n) is 12.1. The maximum Gasteiger partial charge on any atom is 0.314 e. The Kier molecular flexibility index (Phi) is 3.08. The molecule has 1 aromatic heterocycles. The summed E-state index contributed by atoms with van der Waals surface area (Å²) in [6, 6.07) is 5.21. The Labute approximate surface area is 122 Å². The Morgan fingerprint density at radius 2 is 2.05 bits per heavy atom. The molecule has 0 spiro atoms. The summed E-state index contributed by atoms with van der Waals surface area (Å²) >= 11 is 0. The van der Waals surface area contributed by atoms with Crippen LogP contribution in [0.3, 0.4) is 0 Å². The van der Waals surface area contributed by atoms with Crippen LogP contribution in [-0.2, 0) is 0 Å². The van der Waals surface area contributed by atoms with Gasteiger partial charge in [0.2, 0.25) is 0 Å². The molecule has 6 heteroatoms. The van der Waals surface area contributed by atoms with Gasteiger partial charge in [0.05, 0.1) is 17.1 Å². The number of rotatable bonds is 2. The van der Waals surface area contributed by atoms with Gasteiger partial charge in [-0.1, -0.05) is 12.1 Å². The summed E-state index contributed by atoms with van der Waals surface area (Å²) in [7, 11) is 0. The van der Waals surface area contributed by atoms with Gasteiger partial charge >= 0.3 is 6.03 Å². The number of para-hydroxylation sites is 1. The van der Waals surface area contributed by atoms with E-state index in [1.54, 1.807) is 6.07 Å². The third-order valence-electron chi connectivity index (χ3n) is 4.12. The number of fused-ring (bicyclic) bond motifs is 1. The molecule has 0 saturated carbocycles. The van der Waals surface area contributed by atoms with Crippen molar-refractivity contribution < 1.29 is 9.59 Å². The van der Waals surface area contributed by atoms with E-state index in [2.05, 4.69) is 10.3 Å². The fraction of sp³-hybridized carbons (Fsp3) is 0.333. The fourth-order valence-electron chi connectivity index (χ4n) is 2.68. The molecule has 6 nitrogen and oxygen atoms in total. The maximum absolute atomic E-state index is 12.4. The van der Waals surface area contributed by atoms with E-state index in [0.717, 1.165) is 22.2 Å². The standard InChI is InChI=1S/C15H18N4O2/c1-8-9(2)17-13-11(8)4-3-5-12(13)14(20)18-10-6-19(7-10)15(16)21/h3-5,10,17H,6-7H2,1-2H3,(H2,16,21)(H,18,20). The number of likely N-dealkylation sites (tertiary alicyclic amines) is 1. The number of nitrogens with zero attached hydrogens (tertiary/aromatic N) is 1. The van der Waals surface area contributed by atoms with Crippen molar-refractivity contribution in [1.29, 1.82) is 0 Å². The molecule has 3 rings (SSSR count). The van der Waals surface area contributed by atoms with E-state index in [-0.39, 0.29) is 11.9 Å². The third-order valence-corrected chi connectivity index (χ3v) is 4.12. The molecule has 1 fully saturated rings. The van der Waals surface area contributed by atoms with Crippen LogP contribution in [0.5, 0.6) is 0 Å². The monoisotopic (exact) mass is 286 g/mol. The third kappa shape index (κ3) is 2.22. The summed E-state index contributed by atoms with van der Waals surface area (Å²) in [5.74, 6) is -0.129. The minimum absolute atomic E-state index is 0.0302. The van der Waals surface area contributed by atoms with Crippen molar-refractivity contribution in [3.63, 3.8) is 0 Å². The largest absolute Gasteiger partial charge is 0.358 e. The number of aryl methyl sites for hydroxylation is 2. The highest BCUT2D eigenvalue weighted by Gasteiger charge is 2.30. The van der Waals surface area contributed by atoms with Crippen LogP contribution in [0.2, 0.25) is 0 Å². The first-order chi connectivity index (χ1) is 9.97. The van der Waals surface area contributed by atoms with E-state index in [1.165, 1.54) is 4.90 Å². The van der Waals surface area contributed by atoms with Gasteiger partial charge in [-0.15, -0.1) is 0 Å². The number of hydrogen-bond acceptors (Lipinski definition) is 2. The molecule has 0 atom stereocenters. The average Bonchev–Trinajstić information content (AvgIpc) is 2.68. The number of amides is 3. The summed E-state index contributed by atoms with van der Waals surface area (Å²) in [6.07, 6.45) is 0. The van der Waals surface area contributed by atoms with E-state index < -0.39 is 6.03 Å². The predicted octanol–water partition coefficient (Wildman–Crippen LogP) is 1.28. The Balaban J connectivity index is 1.80. The quantitative estimate of drug-likeness (QED) is 0.776. The molecule has 2 aromatic rings. The first-order valence-electron chi connectivity index (χ1n) is 6.90. The lowest BCUT2D eigenvalue weighted by Gasteiger charge is -2.38. The van der Waals surface area contributed by atoms with Crippen molar-refractivity contribution in [2.45, 2.75) is 19.9 Å². The summed E-state index contributed by atoms with van der Waals surface area (Å²) in [5, 5.41) is 3.99. The number of primary amides is 1. The lowest BCUT2D eigenvalue weighted by atomic mass is 10.1. The van der Waals surface area contributed by atoms with Gasteiger partial charge in [-0.05, 0) is 25.5 Å². The lowest BCUT2D eigenvalue weighted by Crippen LogP contribution is -2.62. The van der Waals surface area contributed by atoms with Crippen LogP contribution >= 0.6 is 0 Å². The number of carbonyl (C=O) groups is 2. The maximum atomic E-state index is 12.4. The number of nitrogens with one attached hydrogen (secondary N) is 2. The van der Waals surface area contributed by atoms with Crippen LogP contribution in [0.4, 0.5) is 4.79 Å². The van der Waals surface area contributed by atoms with Crippen molar-refractivity contribution >= 4 is 22.8 Å². The number of urea groups is 1. The van der Waals surface area contributed by atoms with Gasteiger partial charge in [0, 0.05) is 24.2 Å². The van der Waals surface area contributed by atoms with Crippen LogP contribution in [0.1, 0.15) is 21.6 Å². The minimum atomic E-state index is -0.446. The molecule has 0 aliphatic carbocycles. The number of carbonyl (C=O) groups excluding carboxylic acids is 2. The normalized spacial score (nSPS) is 15.0. The highest BCUT2D eigenvalue weighted by molar-refractivity contribution is 6.06. The second kappa shape index (κ2) is 4.80. The van der Waals surface area contributed by atoms with Gasteiger partial charge in [0.15, 0.2) is 0 Å². The minimum Gasteiger partial charge on any atom is -0.358 e. The predicted molar refractivity (Wildman–Crippen MR) is 80.2 cm³/mol. The summed E-state index contributed by atoms with van der Waals surface area (Å²) in [4.78, 5) is 28.1. The lowest BCUT2D eigenvalue weighted by molar-refractivity contribution is 0.0862. The molecule has 1 aromatic carbocycles. The van der Waals surface area contributed by atoms with Crippen LogP contribution in [0.25, 0.3) is 10.9 Å². The molecular formula is C15H18N4O2. The van der Waals surface area contributed by atoms with Gasteiger partial charge in [0.25, 0.3) is 5.91 Å². The zero-order valence-corrected chi connectivity index (χ0v) is 12.1. The van der Waals surface area contributed by atoms with E-state index >= 15 is 0 Å². The molecule has 2 heterocycles. The summed E-state index contributed by atoms with van der Waals surface area (Å²) in [6.45, 7) is 4.97. The number of aromatic nitrogens is 1. The molecular weight excluding hydrogens is 268 g/mol. The van der Waals surface area contributed by atoms with Crippen molar-refractivity contribution in [3.05, 3.63) is 35.0 Å². The van der Waals surface area contributed by atoms with Crippen LogP contribution in [0, 0.1) is 13.8 Å². The second-order valence-corrected chi connectivity index (χ2v) is 5.52. The first-order valence-corrected chi connectivity index (χ1v) is 6.90. The smallest absolute Gasteiger partial charge is 0.314 e. The van der Waals surface area contributed by atoms with Gasteiger partial charge in [-0.25, -0.2) is 4.79 Å². The van der Waals surface area contributed by atoms with Crippen LogP contribution in [0.15, 0.2) is 18.2 Å². The van der Waals surface area contributed by atoms with Crippen molar-refractivity contribution in [2.75, 3.05) is 13.1 Å². The summed E-state index contributed by atoms with van der Waals surface area (Å²) < 4.78 is 0. The van der Waals surface area contributed by atoms with E-state index in [0.29, 0.717) is 18.7 Å². The molecule has 110 valence electrons. The van der Waals surface area contributed by atoms with Gasteiger partial charge in [0.1, 0.15) is 0 Å². The van der Waals surface area contributed by atoms with Crippen molar-refractivity contribution in [3.8, 4) is 0 Å². The van der Waals surface area contributed by atoms with E-state index in [1.807, 2.05) is 26.0 Å². The van der Waals surface area contributed by atoms with E-state index in [9.17, 15) is 9.59 Å². The molecule has 21 heavy (non-hydrogen) atoms. The average molecular weight is 286 g/mol. The van der Waals surface area contributed by atoms with Crippen LogP contribution < -0.4 is 11.1 Å². The molecule has 4 N–H and O–H groups in total. The zero-order chi connectivity index (χ0) is 15.1. The van der Waals surface area contributed by atoms with Gasteiger partial charge < -0.3 is 20.9 Å². The highest BCUT2D eigenvalue weighted by Crippen LogP contribution is 2.24. The SMILES string of the molecule is Cc1[nH]c2c(C(=O)NC3CN(C(N)=O)C3)cccc2c1C. The number of H-pyrrole nitrogens is 1. The highest BCUT2D eigenvalue weighted by atomic mass is 16.2. The van der Waals surface area contributed by atoms with E-state index in [4.69, 9.17) is 5.73 Å². The Morgan fingerprint density at radius 1 is 1.33 bits per heavy atom. The van der Waals surface area contributed by atoms with Gasteiger partial charge in [-0.3, -0.25) is 4.79 Å². The number of hydrogen-bond donors (Lipinski definition) is 3. The Morgan fingerprint density at radius 3 is 2.71 bits per heavy atom. The molecule has 0 unspecified atom stereocenters. The molecule has 3 amide bonds. The Hall–Kier alpha value is -2.50. The summed E-state index contributed by atoms with van der Waals surface area (Å²) in [5.41, 5.74) is 8.87. The molecule has 1 aliphatic rings. The van der Waals surface area contributed by atoms with Crippen molar-refractivity contribution in [1.82, 2.24) is 15.2 Å². The van der Waals surface area contributed by atoms with Crippen molar-refractivity contribution in [2.24, 2.45) is 5.73 Å². The Bertz CT molecular complexity index is 729. The molecule has 0 bridgehead atoms. The topological polar surface area (TPSA) is 91.2 Å². The number of nitrogens with two attached hydrogens (primary N) is 1. The molecule has 0 radical (unpaired) electrons. The van der Waals surface area contributed by atoms with Crippen LogP contribution in [-0.4, -0.2) is 41.0 Å². The molecule has 1 aliphatic heterocycles. The molecule has 1 saturated heterocycles. The second-order valence-electron chi connectivity index (χ2n) is 5.52. The van der Waals surface area contributed by atoms with Gasteiger partial charge in [-0.2, -0.15) is 0 Å². The number of aromatic amines is 1. The first kappa shape index (κ1) is 13.5. The fourth-order valence-corrected chi connectivity index (χ4v) is 2.68. The number of benzene rings is 1.